The van der Waals surface area contributed by atoms with Crippen LogP contribution in [0.5, 0.6) is 0 Å². The van der Waals surface area contributed by atoms with E-state index in [4.69, 9.17) is 4.74 Å². The number of hydrogen-bond acceptors (Lipinski definition) is 3. The number of esters is 1. The van der Waals surface area contributed by atoms with Crippen LogP contribution in [0.15, 0.2) is 0 Å². The van der Waals surface area contributed by atoms with Gasteiger partial charge in [0.2, 0.25) is 0 Å². The molecule has 0 fully saturated rings. The molecule has 0 aromatic heterocycles. The van der Waals surface area contributed by atoms with E-state index < -0.39 is 0 Å². The molecule has 0 aromatic rings. The zero-order valence-corrected chi connectivity index (χ0v) is 7.05. The maximum absolute atomic E-state index is 10.7. The molecule has 0 saturated heterocycles. The smallest absolute Gasteiger partial charge is 0.305 e. The minimum atomic E-state index is -0.242. The first-order valence-electron chi connectivity index (χ1n) is 3.88. The molecule has 0 heterocycles. The molecule has 0 N–H and O–H groups in total. The van der Waals surface area contributed by atoms with Crippen LogP contribution in [-0.4, -0.2) is 18.4 Å². The third-order valence-corrected chi connectivity index (χ3v) is 1.33. The number of carbonyl (C=O) groups excluding carboxylic acids is 2. The largest absolute Gasteiger partial charge is 0.465 e. The summed E-state index contributed by atoms with van der Waals surface area (Å²) in [5, 5.41) is 0. The van der Waals surface area contributed by atoms with Crippen LogP contribution in [0, 0.1) is 0 Å². The van der Waals surface area contributed by atoms with Crippen molar-refractivity contribution in [2.45, 2.75) is 77.7 Å². The van der Waals surface area contributed by atoms with Crippen LogP contribution in [0.2, 0.25) is 0 Å². The van der Waals surface area contributed by atoms with E-state index in [2.05, 4.69) is 0 Å². The minimum Gasteiger partial charge on any atom is -0.465 e. The van der Waals surface area contributed by atoms with Crippen molar-refractivity contribution in [3.8, 4) is 0 Å². The molecule has 3 nitrogen and oxygen atoms in total. The lowest BCUT2D eigenvalue weighted by molar-refractivity contribution is -0.143. The standard InChI is InChI=1S/C8H14O3.6CH4/c1-3-7(9)5-6-11-8(10)4-2;;;;;;/h3-6H2,1-2H3;6*1H4. The molecule has 3 heteroatoms. The number of ether oxygens (including phenoxy) is 1. The highest BCUT2D eigenvalue weighted by molar-refractivity contribution is 5.78. The van der Waals surface area contributed by atoms with E-state index >= 15 is 0 Å². The molecule has 0 atom stereocenters. The molecule has 17 heavy (non-hydrogen) atoms. The first-order chi connectivity index (χ1) is 5.20. The quantitative estimate of drug-likeness (QED) is 0.639. The Kier molecular flexibility index (Phi) is 76.7. The third-order valence-electron chi connectivity index (χ3n) is 1.33. The average Bonchev–Trinajstić information content (AvgIpc) is 2.04. The highest BCUT2D eigenvalue weighted by Crippen LogP contribution is 1.91. The maximum Gasteiger partial charge on any atom is 0.305 e. The SMILES string of the molecule is C.C.C.C.C.C.CCC(=O)CCOC(=O)CC. The van der Waals surface area contributed by atoms with E-state index in [9.17, 15) is 9.59 Å². The number of hydrogen-bond donors (Lipinski definition) is 0. The summed E-state index contributed by atoms with van der Waals surface area (Å²) in [6.45, 7) is 3.76. The van der Waals surface area contributed by atoms with Crippen molar-refractivity contribution in [2.24, 2.45) is 0 Å². The molecule has 0 radical (unpaired) electrons. The van der Waals surface area contributed by atoms with E-state index in [0.717, 1.165) is 0 Å². The summed E-state index contributed by atoms with van der Waals surface area (Å²) in [5.74, 6) is -0.109. The fourth-order valence-electron chi connectivity index (χ4n) is 0.558. The van der Waals surface area contributed by atoms with Crippen LogP contribution in [0.25, 0.3) is 0 Å². The van der Waals surface area contributed by atoms with Crippen molar-refractivity contribution in [2.75, 3.05) is 6.61 Å². The van der Waals surface area contributed by atoms with Gasteiger partial charge in [0.15, 0.2) is 0 Å². The summed E-state index contributed by atoms with van der Waals surface area (Å²) < 4.78 is 4.70. The summed E-state index contributed by atoms with van der Waals surface area (Å²) in [6, 6.07) is 0. The van der Waals surface area contributed by atoms with Crippen molar-refractivity contribution in [1.82, 2.24) is 0 Å². The van der Waals surface area contributed by atoms with Crippen LogP contribution in [0.1, 0.15) is 77.7 Å². The van der Waals surface area contributed by atoms with Gasteiger partial charge in [-0.25, -0.2) is 0 Å². The first-order valence-corrected chi connectivity index (χ1v) is 3.88. The molecule has 0 unspecified atom stereocenters. The highest BCUT2D eigenvalue weighted by atomic mass is 16.5. The predicted octanol–water partition coefficient (Wildman–Crippen LogP) is 5.13. The molecule has 0 rings (SSSR count). The van der Waals surface area contributed by atoms with Gasteiger partial charge in [-0.3, -0.25) is 9.59 Å². The summed E-state index contributed by atoms with van der Waals surface area (Å²) in [4.78, 5) is 21.2. The summed E-state index contributed by atoms with van der Waals surface area (Å²) >= 11 is 0. The Hall–Kier alpha value is -0.860. The molecule has 0 spiro atoms. The Labute approximate surface area is 111 Å². The van der Waals surface area contributed by atoms with Crippen molar-refractivity contribution in [3.63, 3.8) is 0 Å². The summed E-state index contributed by atoms with van der Waals surface area (Å²) in [7, 11) is 0. The van der Waals surface area contributed by atoms with Gasteiger partial charge < -0.3 is 4.74 Å². The van der Waals surface area contributed by atoms with Crippen molar-refractivity contribution >= 4 is 11.8 Å². The molecule has 0 amide bonds. The molecule has 0 bridgehead atoms. The summed E-state index contributed by atoms with van der Waals surface area (Å²) in [5.41, 5.74) is 0. The lowest BCUT2D eigenvalue weighted by atomic mass is 10.2. The van der Waals surface area contributed by atoms with Crippen LogP contribution in [0.4, 0.5) is 0 Å². The van der Waals surface area contributed by atoms with Crippen molar-refractivity contribution in [1.29, 1.82) is 0 Å². The fraction of sp³-hybridized carbons (Fsp3) is 0.857. The third kappa shape index (κ3) is 31.3. The fourth-order valence-corrected chi connectivity index (χ4v) is 0.558. The van der Waals surface area contributed by atoms with E-state index in [1.54, 1.807) is 13.8 Å². The van der Waals surface area contributed by atoms with Gasteiger partial charge >= 0.3 is 5.97 Å². The topological polar surface area (TPSA) is 43.4 Å². The Morgan fingerprint density at radius 2 is 1.24 bits per heavy atom. The lowest BCUT2D eigenvalue weighted by Crippen LogP contribution is -2.07. The highest BCUT2D eigenvalue weighted by Gasteiger charge is 2.00. The van der Waals surface area contributed by atoms with Crippen LogP contribution in [-0.2, 0) is 14.3 Å². The Morgan fingerprint density at radius 3 is 1.53 bits per heavy atom. The van der Waals surface area contributed by atoms with Gasteiger partial charge in [-0.2, -0.15) is 0 Å². The molecule has 0 aromatic carbocycles. The number of rotatable bonds is 5. The Bertz CT molecular complexity index is 126. The van der Waals surface area contributed by atoms with E-state index in [-0.39, 0.29) is 62.9 Å². The Balaban J connectivity index is -0.0000000333. The molecule has 0 aliphatic heterocycles. The zero-order chi connectivity index (χ0) is 8.69. The van der Waals surface area contributed by atoms with Gasteiger partial charge in [-0.05, 0) is 0 Å². The number of Topliss-reactive ketones (excluding diaryl/α,β-unsaturated/α-hetero) is 1. The molecule has 0 aliphatic carbocycles. The van der Waals surface area contributed by atoms with Crippen molar-refractivity contribution in [3.05, 3.63) is 0 Å². The maximum atomic E-state index is 10.7. The van der Waals surface area contributed by atoms with Crippen LogP contribution >= 0.6 is 0 Å². The first kappa shape index (κ1) is 44.3. The molecule has 0 aliphatic rings. The van der Waals surface area contributed by atoms with Gasteiger partial charge in [0.1, 0.15) is 5.78 Å². The van der Waals surface area contributed by atoms with Gasteiger partial charge in [0.05, 0.1) is 6.61 Å². The second-order valence-electron chi connectivity index (χ2n) is 2.22. The van der Waals surface area contributed by atoms with Gasteiger partial charge in [0, 0.05) is 19.3 Å². The molecular weight excluding hydrogens is 216 g/mol. The van der Waals surface area contributed by atoms with Gasteiger partial charge in [-0.1, -0.05) is 58.4 Å². The van der Waals surface area contributed by atoms with Crippen molar-refractivity contribution < 1.29 is 14.3 Å². The van der Waals surface area contributed by atoms with Gasteiger partial charge in [-0.15, -0.1) is 0 Å². The minimum absolute atomic E-state index is 0. The zero-order valence-electron chi connectivity index (χ0n) is 7.05. The van der Waals surface area contributed by atoms with Crippen LogP contribution in [0.3, 0.4) is 0 Å². The predicted molar refractivity (Wildman–Crippen MR) is 81.6 cm³/mol. The normalized spacial score (nSPS) is 6.00. The van der Waals surface area contributed by atoms with Crippen LogP contribution < -0.4 is 0 Å². The Morgan fingerprint density at radius 1 is 0.824 bits per heavy atom. The van der Waals surface area contributed by atoms with E-state index in [1.807, 2.05) is 0 Å². The van der Waals surface area contributed by atoms with E-state index in [0.29, 0.717) is 19.3 Å². The summed E-state index contributed by atoms with van der Waals surface area (Å²) in [6.07, 6.45) is 1.24. The van der Waals surface area contributed by atoms with E-state index in [1.165, 1.54) is 0 Å². The average molecular weight is 254 g/mol. The monoisotopic (exact) mass is 254 g/mol. The molecule has 112 valence electrons. The molecular formula is C14H38O3. The second kappa shape index (κ2) is 29.4. The van der Waals surface area contributed by atoms with Gasteiger partial charge in [0.25, 0.3) is 0 Å². The number of ketones is 1. The number of carbonyl (C=O) groups is 2. The second-order valence-corrected chi connectivity index (χ2v) is 2.22. The molecule has 0 saturated carbocycles. The lowest BCUT2D eigenvalue weighted by Gasteiger charge is -2.00.